The number of carbonyl (C=O) groups excluding carboxylic acids is 3. The van der Waals surface area contributed by atoms with Gasteiger partial charge < -0.3 is 37.6 Å². The number of ketones is 2. The van der Waals surface area contributed by atoms with Crippen molar-refractivity contribution in [1.82, 2.24) is 4.58 Å². The number of unbranched alkanes of at least 4 members (excludes halogenated alkanes) is 2. The first-order valence-electron chi connectivity index (χ1n) is 21.3. The molecule has 1 saturated carbocycles. The Morgan fingerprint density at radius 3 is 2.16 bits per heavy atom. The van der Waals surface area contributed by atoms with Gasteiger partial charge in [0.2, 0.25) is 11.5 Å². The van der Waals surface area contributed by atoms with E-state index in [1.165, 1.54) is 12.1 Å². The number of nitrogens with zero attached hydrogens (tertiary/aromatic N) is 2. The summed E-state index contributed by atoms with van der Waals surface area (Å²) < 4.78 is 72.1. The smallest absolute Gasteiger partial charge is 0.744 e. The summed E-state index contributed by atoms with van der Waals surface area (Å²) in [4.78, 5) is 38.1. The largest absolute Gasteiger partial charge is 1.00 e. The van der Waals surface area contributed by atoms with Gasteiger partial charge >= 0.3 is 35.5 Å². The van der Waals surface area contributed by atoms with Gasteiger partial charge in [-0.15, -0.1) is 0 Å². The average molecular weight is 902 g/mol. The SMILES string of the molecule is COCCOCC[N+](CCOCCOC)=c1ccc2c(C(C)(C)C)cc(/C=C/C=C3/N(CCCCCC(=O)OC4C(=O)CCC4=O)c4ccc(S(=O)(=O)[O-])cc4C3(C)C)oc-2c1.[Na+]. The third kappa shape index (κ3) is 14.0. The van der Waals surface area contributed by atoms with Crippen molar-refractivity contribution in [3.8, 4) is 11.3 Å². The maximum absolute atomic E-state index is 12.4. The number of ether oxygens (including phenoxy) is 5. The quantitative estimate of drug-likeness (QED) is 0.0360. The molecule has 0 radical (unpaired) electrons. The van der Waals surface area contributed by atoms with Gasteiger partial charge in [0.05, 0.1) is 37.4 Å². The van der Waals surface area contributed by atoms with Gasteiger partial charge in [0.25, 0.3) is 0 Å². The summed E-state index contributed by atoms with van der Waals surface area (Å²) in [6, 6.07) is 12.8. The maximum Gasteiger partial charge on any atom is 1.00 e. The molecule has 5 rings (SSSR count). The summed E-state index contributed by atoms with van der Waals surface area (Å²) in [5, 5.41) is 0.964. The van der Waals surface area contributed by atoms with Gasteiger partial charge in [-0.2, -0.15) is 0 Å². The van der Waals surface area contributed by atoms with E-state index in [-0.39, 0.29) is 70.7 Å². The van der Waals surface area contributed by atoms with Gasteiger partial charge in [0, 0.05) is 68.5 Å². The summed E-state index contributed by atoms with van der Waals surface area (Å²) in [6.07, 6.45) is 6.64. The fraction of sp³-hybridized carbons (Fsp3) is 0.532. The number of benzene rings is 2. The number of hydrogen-bond acceptors (Lipinski definition) is 13. The Balaban J connectivity index is 0.00000871. The minimum Gasteiger partial charge on any atom is -0.744 e. The summed E-state index contributed by atoms with van der Waals surface area (Å²) >= 11 is 0. The molecule has 338 valence electrons. The third-order valence-electron chi connectivity index (χ3n) is 11.2. The van der Waals surface area contributed by atoms with Gasteiger partial charge in [0.15, 0.2) is 24.7 Å². The Kier molecular flexibility index (Phi) is 19.5. The van der Waals surface area contributed by atoms with Crippen LogP contribution in [0.1, 0.15) is 90.0 Å². The Labute approximate surface area is 394 Å². The molecule has 2 aliphatic carbocycles. The molecule has 0 bridgehead atoms. The number of methoxy groups -OCH3 is 2. The molecule has 14 nitrogen and oxygen atoms in total. The van der Waals surface area contributed by atoms with Crippen molar-refractivity contribution in [1.29, 1.82) is 0 Å². The van der Waals surface area contributed by atoms with Crippen molar-refractivity contribution < 1.29 is 85.0 Å². The first kappa shape index (κ1) is 52.1. The second kappa shape index (κ2) is 23.6. The van der Waals surface area contributed by atoms with E-state index in [9.17, 15) is 27.4 Å². The Morgan fingerprint density at radius 1 is 0.905 bits per heavy atom. The second-order valence-corrected chi connectivity index (χ2v) is 18.5. The molecule has 1 fully saturated rings. The summed E-state index contributed by atoms with van der Waals surface area (Å²) in [5.41, 5.74) is 3.60. The zero-order valence-electron chi connectivity index (χ0n) is 38.2. The first-order chi connectivity index (χ1) is 29.4. The third-order valence-corrected chi connectivity index (χ3v) is 12.0. The van der Waals surface area contributed by atoms with Gasteiger partial charge in [-0.25, -0.2) is 13.0 Å². The predicted molar refractivity (Wildman–Crippen MR) is 234 cm³/mol. The van der Waals surface area contributed by atoms with Crippen molar-refractivity contribution >= 4 is 39.4 Å². The number of rotatable bonds is 22. The van der Waals surface area contributed by atoms with Crippen LogP contribution in [0, 0.1) is 0 Å². The molecule has 0 unspecified atom stereocenters. The molecule has 0 saturated heterocycles. The van der Waals surface area contributed by atoms with Crippen molar-refractivity contribution in [3.05, 3.63) is 82.6 Å². The zero-order chi connectivity index (χ0) is 45.1. The maximum atomic E-state index is 12.4. The van der Waals surface area contributed by atoms with Crippen LogP contribution >= 0.6 is 0 Å². The summed E-state index contributed by atoms with van der Waals surface area (Å²) in [6.45, 7) is 15.3. The van der Waals surface area contributed by atoms with Crippen LogP contribution in [0.15, 0.2) is 69.6 Å². The summed E-state index contributed by atoms with van der Waals surface area (Å²) in [5.74, 6) is 0.0816. The molecule has 0 atom stereocenters. The molecule has 2 heterocycles. The zero-order valence-corrected chi connectivity index (χ0v) is 41.0. The van der Waals surface area contributed by atoms with E-state index < -0.39 is 27.6 Å². The van der Waals surface area contributed by atoms with E-state index in [0.29, 0.717) is 89.9 Å². The molecule has 0 amide bonds. The van der Waals surface area contributed by atoms with Gasteiger partial charge in [-0.05, 0) is 71.9 Å². The summed E-state index contributed by atoms with van der Waals surface area (Å²) in [7, 11) is -1.40. The molecular formula is C47H62N2NaO12S+. The van der Waals surface area contributed by atoms with E-state index in [1.807, 2.05) is 32.1 Å². The Bertz CT molecular complexity index is 2240. The minimum atomic E-state index is -4.70. The topological polar surface area (TPSA) is 174 Å². The van der Waals surface area contributed by atoms with E-state index >= 15 is 0 Å². The Morgan fingerprint density at radius 2 is 1.56 bits per heavy atom. The molecule has 0 spiro atoms. The molecule has 4 aliphatic rings. The molecule has 2 aliphatic heterocycles. The average Bonchev–Trinajstić information content (AvgIpc) is 3.64. The monoisotopic (exact) mass is 901 g/mol. The van der Waals surface area contributed by atoms with Gasteiger partial charge in [-0.3, -0.25) is 14.4 Å². The van der Waals surface area contributed by atoms with Crippen LogP contribution < -0.4 is 44.4 Å². The van der Waals surface area contributed by atoms with Gasteiger partial charge in [-0.1, -0.05) is 47.1 Å². The predicted octanol–water partition coefficient (Wildman–Crippen LogP) is 2.79. The minimum absolute atomic E-state index is 0. The molecule has 63 heavy (non-hydrogen) atoms. The fourth-order valence-corrected chi connectivity index (χ4v) is 8.31. The van der Waals surface area contributed by atoms with Crippen molar-refractivity contribution in [2.45, 2.75) is 95.0 Å². The van der Waals surface area contributed by atoms with Crippen LogP contribution in [0.4, 0.5) is 5.69 Å². The fourth-order valence-electron chi connectivity index (χ4n) is 7.81. The van der Waals surface area contributed by atoms with Crippen LogP contribution in [0.25, 0.3) is 17.4 Å². The number of fused-ring (bicyclic) bond motifs is 2. The van der Waals surface area contributed by atoms with Crippen LogP contribution in [0.2, 0.25) is 0 Å². The number of Topliss-reactive ketones (excluding diaryl/α,β-unsaturated/α-hetero) is 2. The number of carbonyl (C=O) groups is 3. The van der Waals surface area contributed by atoms with Crippen molar-refractivity contribution in [3.63, 3.8) is 0 Å². The molecule has 1 aromatic carbocycles. The van der Waals surface area contributed by atoms with Crippen LogP contribution in [-0.4, -0.2) is 110 Å². The first-order valence-corrected chi connectivity index (χ1v) is 22.7. The molecular weight excluding hydrogens is 840 g/mol. The number of anilines is 1. The number of esters is 1. The van der Waals surface area contributed by atoms with Crippen LogP contribution in [-0.2, 0) is 59.0 Å². The van der Waals surface area contributed by atoms with Crippen molar-refractivity contribution in [2.24, 2.45) is 0 Å². The van der Waals surface area contributed by atoms with E-state index in [4.69, 9.17) is 28.1 Å². The number of hydrogen-bond donors (Lipinski definition) is 0. The molecule has 16 heteroatoms. The van der Waals surface area contributed by atoms with E-state index in [1.54, 1.807) is 20.3 Å². The normalized spacial score (nSPS) is 16.1. The number of allylic oxidation sites excluding steroid dienone is 3. The Hall–Kier alpha value is -3.51. The van der Waals surface area contributed by atoms with Crippen molar-refractivity contribution in [2.75, 3.05) is 78.4 Å². The molecule has 0 N–H and O–H groups in total. The van der Waals surface area contributed by atoms with Crippen LogP contribution in [0.5, 0.6) is 0 Å². The van der Waals surface area contributed by atoms with Crippen LogP contribution in [0.3, 0.4) is 0 Å². The van der Waals surface area contributed by atoms with Gasteiger partial charge in [0.1, 0.15) is 34.9 Å². The molecule has 0 aromatic heterocycles. The standard InChI is InChI=1S/C47H62N2O12S.Na/c1-46(2,3)37-31-34(60-42-30-33(15-17-36(37)42)48(22-24-58-28-26-56-6)23-25-59-29-27-57-7)12-11-13-43-47(4,5)38-32-35(62(53,54)55)16-18-39(38)49(43)21-10-8-9-14-44(52)61-45-40(50)19-20-41(45)51;/h11-13,15-18,30-32,45H,8-10,14,19-29H2,1-7H3;/q;+1. The van der Waals surface area contributed by atoms with E-state index in [0.717, 1.165) is 33.6 Å². The van der Waals surface area contributed by atoms with E-state index in [2.05, 4.69) is 54.5 Å². The second-order valence-electron chi connectivity index (χ2n) is 17.1. The molecule has 1 aromatic rings.